The number of quaternary nitrogens is 1. The van der Waals surface area contributed by atoms with Gasteiger partial charge in [0.25, 0.3) is 0 Å². The first-order chi connectivity index (χ1) is 6.02. The molecular formula is C8H7Cl2NO2. The molecule has 0 fully saturated rings. The average Bonchev–Trinajstić information content (AvgIpc) is 2.03. The van der Waals surface area contributed by atoms with E-state index < -0.39 is 12.0 Å². The van der Waals surface area contributed by atoms with E-state index >= 15 is 0 Å². The molecule has 0 saturated heterocycles. The molecule has 13 heavy (non-hydrogen) atoms. The molecule has 5 heteroatoms. The zero-order valence-corrected chi connectivity index (χ0v) is 8.10. The van der Waals surface area contributed by atoms with Gasteiger partial charge < -0.3 is 15.6 Å². The number of halogens is 2. The predicted molar refractivity (Wildman–Crippen MR) is 47.1 cm³/mol. The third kappa shape index (κ3) is 2.34. The van der Waals surface area contributed by atoms with Crippen molar-refractivity contribution in [1.82, 2.24) is 0 Å². The lowest BCUT2D eigenvalue weighted by atomic mass is 10.1. The second kappa shape index (κ2) is 3.96. The second-order valence-corrected chi connectivity index (χ2v) is 3.38. The van der Waals surface area contributed by atoms with Crippen LogP contribution in [0.5, 0.6) is 0 Å². The Balaban J connectivity index is 3.08. The van der Waals surface area contributed by atoms with Crippen LogP contribution in [0.15, 0.2) is 18.2 Å². The van der Waals surface area contributed by atoms with Crippen LogP contribution in [-0.2, 0) is 4.79 Å². The van der Waals surface area contributed by atoms with Crippen molar-refractivity contribution >= 4 is 29.2 Å². The summed E-state index contributed by atoms with van der Waals surface area (Å²) in [5.74, 6) is -1.26. The fourth-order valence-corrected chi connectivity index (χ4v) is 1.45. The maximum Gasteiger partial charge on any atom is 0.152 e. The van der Waals surface area contributed by atoms with Crippen molar-refractivity contribution in [2.45, 2.75) is 6.04 Å². The van der Waals surface area contributed by atoms with Gasteiger partial charge in [0, 0.05) is 10.6 Å². The van der Waals surface area contributed by atoms with Crippen molar-refractivity contribution < 1.29 is 15.6 Å². The fraction of sp³-hybridized carbons (Fsp3) is 0.125. The van der Waals surface area contributed by atoms with Gasteiger partial charge in [-0.05, 0) is 18.2 Å². The molecule has 1 aromatic rings. The van der Waals surface area contributed by atoms with Gasteiger partial charge in [0.05, 0.1) is 5.02 Å². The highest BCUT2D eigenvalue weighted by Crippen LogP contribution is 2.23. The number of benzene rings is 1. The number of carboxylic acids is 1. The first kappa shape index (κ1) is 10.3. The molecule has 0 bridgehead atoms. The lowest BCUT2D eigenvalue weighted by molar-refractivity contribution is -0.443. The van der Waals surface area contributed by atoms with Crippen LogP contribution in [-0.4, -0.2) is 5.97 Å². The Morgan fingerprint density at radius 2 is 2.08 bits per heavy atom. The van der Waals surface area contributed by atoms with Crippen molar-refractivity contribution in [2.24, 2.45) is 0 Å². The van der Waals surface area contributed by atoms with E-state index in [4.69, 9.17) is 23.2 Å². The van der Waals surface area contributed by atoms with Crippen LogP contribution >= 0.6 is 23.2 Å². The summed E-state index contributed by atoms with van der Waals surface area (Å²) in [6.07, 6.45) is 0. The topological polar surface area (TPSA) is 67.8 Å². The Hall–Kier alpha value is -0.770. The number of hydrogen-bond donors (Lipinski definition) is 1. The van der Waals surface area contributed by atoms with E-state index in [9.17, 15) is 9.90 Å². The zero-order valence-electron chi connectivity index (χ0n) is 6.59. The van der Waals surface area contributed by atoms with E-state index in [0.29, 0.717) is 10.6 Å². The molecule has 0 aliphatic carbocycles. The molecule has 1 aromatic carbocycles. The summed E-state index contributed by atoms with van der Waals surface area (Å²) < 4.78 is 0. The molecule has 3 nitrogen and oxygen atoms in total. The van der Waals surface area contributed by atoms with E-state index in [2.05, 4.69) is 5.73 Å². The van der Waals surface area contributed by atoms with Gasteiger partial charge in [-0.1, -0.05) is 23.2 Å². The molecule has 0 aromatic heterocycles. The quantitative estimate of drug-likeness (QED) is 0.763. The van der Waals surface area contributed by atoms with Crippen molar-refractivity contribution in [3.05, 3.63) is 33.8 Å². The molecule has 0 aliphatic heterocycles. The number of carboxylic acid groups (broad SMARTS) is 1. The average molecular weight is 220 g/mol. The van der Waals surface area contributed by atoms with Crippen molar-refractivity contribution in [3.63, 3.8) is 0 Å². The monoisotopic (exact) mass is 219 g/mol. The summed E-state index contributed by atoms with van der Waals surface area (Å²) in [7, 11) is 0. The van der Waals surface area contributed by atoms with Crippen molar-refractivity contribution in [2.75, 3.05) is 0 Å². The maximum absolute atomic E-state index is 10.5. The minimum atomic E-state index is -1.26. The molecule has 3 N–H and O–H groups in total. The standard InChI is InChI=1S/C8H7Cl2NO2/c9-4-1-2-5(6(10)3-4)7(11)8(12)13/h1-3,7H,11H2,(H,12,13)/t7-/m0/s1. The normalized spacial score (nSPS) is 12.5. The second-order valence-electron chi connectivity index (χ2n) is 2.54. The van der Waals surface area contributed by atoms with Crippen LogP contribution in [0.2, 0.25) is 10.0 Å². The molecule has 0 spiro atoms. The molecule has 1 rings (SSSR count). The van der Waals surface area contributed by atoms with E-state index in [0.717, 1.165) is 0 Å². The highest BCUT2D eigenvalue weighted by molar-refractivity contribution is 6.35. The predicted octanol–water partition coefficient (Wildman–Crippen LogP) is 0.0263. The smallest absolute Gasteiger partial charge is 0.152 e. The Morgan fingerprint density at radius 1 is 1.46 bits per heavy atom. The largest absolute Gasteiger partial charge is 0.544 e. The Kier molecular flexibility index (Phi) is 3.14. The lowest BCUT2D eigenvalue weighted by Gasteiger charge is -2.11. The molecule has 1 atom stereocenters. The number of rotatable bonds is 2. The van der Waals surface area contributed by atoms with Gasteiger partial charge in [-0.15, -0.1) is 0 Å². The van der Waals surface area contributed by atoms with Gasteiger partial charge in [0.15, 0.2) is 6.04 Å². The van der Waals surface area contributed by atoms with Crippen LogP contribution in [0.3, 0.4) is 0 Å². The molecule has 0 saturated carbocycles. The number of carbonyl (C=O) groups is 1. The van der Waals surface area contributed by atoms with E-state index in [1.165, 1.54) is 12.1 Å². The maximum atomic E-state index is 10.5. The summed E-state index contributed by atoms with van der Waals surface area (Å²) >= 11 is 11.4. The number of hydrogen-bond acceptors (Lipinski definition) is 2. The third-order valence-corrected chi connectivity index (χ3v) is 2.18. The highest BCUT2D eigenvalue weighted by Gasteiger charge is 2.14. The van der Waals surface area contributed by atoms with E-state index in [1.807, 2.05) is 0 Å². The highest BCUT2D eigenvalue weighted by atomic mass is 35.5. The summed E-state index contributed by atoms with van der Waals surface area (Å²) in [6.45, 7) is 0. The summed E-state index contributed by atoms with van der Waals surface area (Å²) in [5, 5.41) is 11.2. The van der Waals surface area contributed by atoms with Crippen LogP contribution in [0.25, 0.3) is 0 Å². The van der Waals surface area contributed by atoms with Crippen LogP contribution < -0.4 is 10.8 Å². The minimum Gasteiger partial charge on any atom is -0.544 e. The molecule has 0 unspecified atom stereocenters. The summed E-state index contributed by atoms with van der Waals surface area (Å²) in [5.41, 5.74) is 3.82. The zero-order chi connectivity index (χ0) is 10.0. The first-order valence-electron chi connectivity index (χ1n) is 3.51. The van der Waals surface area contributed by atoms with Gasteiger partial charge in [0.1, 0.15) is 5.97 Å². The fourth-order valence-electron chi connectivity index (χ4n) is 0.911. The molecule has 0 heterocycles. The van der Waals surface area contributed by atoms with E-state index in [1.54, 1.807) is 6.07 Å². The van der Waals surface area contributed by atoms with Crippen LogP contribution in [0.1, 0.15) is 11.6 Å². The van der Waals surface area contributed by atoms with Crippen molar-refractivity contribution in [1.29, 1.82) is 0 Å². The molecule has 0 amide bonds. The number of carbonyl (C=O) groups excluding carboxylic acids is 1. The SMILES string of the molecule is [NH3+][C@H](C(=O)[O-])c1ccc(Cl)cc1Cl. The Morgan fingerprint density at radius 3 is 2.54 bits per heavy atom. The molecular weight excluding hydrogens is 213 g/mol. The Bertz CT molecular complexity index is 341. The molecule has 70 valence electrons. The number of aliphatic carboxylic acids is 1. The Labute approximate surface area is 85.1 Å². The first-order valence-corrected chi connectivity index (χ1v) is 4.27. The van der Waals surface area contributed by atoms with Gasteiger partial charge >= 0.3 is 0 Å². The van der Waals surface area contributed by atoms with Crippen LogP contribution in [0, 0.1) is 0 Å². The third-order valence-electron chi connectivity index (χ3n) is 1.62. The van der Waals surface area contributed by atoms with Crippen molar-refractivity contribution in [3.8, 4) is 0 Å². The minimum absolute atomic E-state index is 0.289. The summed E-state index contributed by atoms with van der Waals surface area (Å²) in [4.78, 5) is 10.5. The van der Waals surface area contributed by atoms with Crippen LogP contribution in [0.4, 0.5) is 0 Å². The van der Waals surface area contributed by atoms with E-state index in [-0.39, 0.29) is 5.02 Å². The molecule has 0 radical (unpaired) electrons. The van der Waals surface area contributed by atoms with Gasteiger partial charge in [-0.2, -0.15) is 0 Å². The van der Waals surface area contributed by atoms with Gasteiger partial charge in [-0.25, -0.2) is 0 Å². The molecule has 0 aliphatic rings. The summed E-state index contributed by atoms with van der Waals surface area (Å²) in [6, 6.07) is 3.59. The van der Waals surface area contributed by atoms with Gasteiger partial charge in [0.2, 0.25) is 0 Å². The lowest BCUT2D eigenvalue weighted by Crippen LogP contribution is -2.61. The van der Waals surface area contributed by atoms with Gasteiger partial charge in [-0.3, -0.25) is 0 Å².